The molecule has 1 aliphatic carbocycles. The maximum Gasteiger partial charge on any atom is 0.250 e. The smallest absolute Gasteiger partial charge is 0.250 e. The van der Waals surface area contributed by atoms with E-state index in [1.807, 2.05) is 12.2 Å². The summed E-state index contributed by atoms with van der Waals surface area (Å²) in [6, 6.07) is 4.38. The van der Waals surface area contributed by atoms with E-state index in [2.05, 4.69) is 0 Å². The van der Waals surface area contributed by atoms with Gasteiger partial charge in [-0.3, -0.25) is 14.4 Å². The first kappa shape index (κ1) is 13.8. The number of primary amides is 1. The molecule has 0 unspecified atom stereocenters. The normalized spacial score (nSPS) is 24.3. The van der Waals surface area contributed by atoms with Gasteiger partial charge in [0.1, 0.15) is 0 Å². The third-order valence-electron chi connectivity index (χ3n) is 3.98. The van der Waals surface area contributed by atoms with E-state index in [1.165, 1.54) is 23.1 Å². The zero-order chi connectivity index (χ0) is 15.1. The first-order valence-electron chi connectivity index (χ1n) is 6.63. The number of nitrogens with zero attached hydrogens (tertiary/aromatic N) is 1. The lowest BCUT2D eigenvalue weighted by Crippen LogP contribution is -2.31. The molecule has 1 fully saturated rings. The summed E-state index contributed by atoms with van der Waals surface area (Å²) in [5, 5.41) is 0.133. The molecule has 1 aliphatic heterocycles. The Morgan fingerprint density at radius 2 is 1.71 bits per heavy atom. The lowest BCUT2D eigenvalue weighted by atomic mass is 9.85. The van der Waals surface area contributed by atoms with Crippen LogP contribution in [0.2, 0.25) is 5.02 Å². The van der Waals surface area contributed by atoms with Crippen LogP contribution in [0.15, 0.2) is 30.4 Å². The van der Waals surface area contributed by atoms with E-state index in [4.69, 9.17) is 17.3 Å². The highest BCUT2D eigenvalue weighted by Crippen LogP contribution is 2.38. The Bertz CT molecular complexity index is 657. The highest BCUT2D eigenvalue weighted by molar-refractivity contribution is 6.34. The van der Waals surface area contributed by atoms with E-state index in [-0.39, 0.29) is 34.2 Å². The molecule has 5 nitrogen and oxygen atoms in total. The number of nitrogens with two attached hydrogens (primary N) is 1. The molecule has 3 rings (SSSR count). The highest BCUT2D eigenvalue weighted by Gasteiger charge is 2.47. The molecule has 108 valence electrons. The first-order valence-corrected chi connectivity index (χ1v) is 7.00. The number of anilines is 1. The van der Waals surface area contributed by atoms with Crippen LogP contribution < -0.4 is 10.6 Å². The molecule has 2 N–H and O–H groups in total. The van der Waals surface area contributed by atoms with Crippen molar-refractivity contribution in [2.45, 2.75) is 12.8 Å². The SMILES string of the molecule is NC(=O)c1ccc(N2C(=O)[C@H]3CC=CC[C@H]3C2=O)cc1Cl. The van der Waals surface area contributed by atoms with E-state index < -0.39 is 5.91 Å². The van der Waals surface area contributed by atoms with Crippen molar-refractivity contribution in [1.29, 1.82) is 0 Å². The molecule has 3 amide bonds. The van der Waals surface area contributed by atoms with Crippen molar-refractivity contribution < 1.29 is 14.4 Å². The molecule has 2 aliphatic rings. The van der Waals surface area contributed by atoms with Crippen molar-refractivity contribution >= 4 is 35.0 Å². The zero-order valence-electron chi connectivity index (χ0n) is 11.1. The van der Waals surface area contributed by atoms with Gasteiger partial charge in [-0.2, -0.15) is 0 Å². The molecular weight excluding hydrogens is 292 g/mol. The van der Waals surface area contributed by atoms with Crippen molar-refractivity contribution in [2.24, 2.45) is 17.6 Å². The van der Waals surface area contributed by atoms with Crippen LogP contribution >= 0.6 is 11.6 Å². The monoisotopic (exact) mass is 304 g/mol. The number of hydrogen-bond acceptors (Lipinski definition) is 3. The Hall–Kier alpha value is -2.14. The number of carbonyl (C=O) groups excluding carboxylic acids is 3. The lowest BCUT2D eigenvalue weighted by Gasteiger charge is -2.15. The number of rotatable bonds is 2. The summed E-state index contributed by atoms with van der Waals surface area (Å²) in [6.07, 6.45) is 5.02. The van der Waals surface area contributed by atoms with Gasteiger partial charge in [0.05, 0.1) is 28.1 Å². The average molecular weight is 305 g/mol. The molecule has 21 heavy (non-hydrogen) atoms. The summed E-state index contributed by atoms with van der Waals surface area (Å²) in [4.78, 5) is 37.2. The third kappa shape index (κ3) is 2.14. The number of benzene rings is 1. The van der Waals surface area contributed by atoms with Gasteiger partial charge in [0, 0.05) is 0 Å². The van der Waals surface area contributed by atoms with Crippen molar-refractivity contribution in [1.82, 2.24) is 0 Å². The summed E-state index contributed by atoms with van der Waals surface area (Å²) < 4.78 is 0. The van der Waals surface area contributed by atoms with E-state index in [0.717, 1.165) is 0 Å². The molecule has 0 spiro atoms. The van der Waals surface area contributed by atoms with Crippen LogP contribution in [0.5, 0.6) is 0 Å². The Labute approximate surface area is 126 Å². The molecule has 0 saturated carbocycles. The van der Waals surface area contributed by atoms with Gasteiger partial charge in [-0.1, -0.05) is 23.8 Å². The predicted molar refractivity (Wildman–Crippen MR) is 77.8 cm³/mol. The van der Waals surface area contributed by atoms with Crippen LogP contribution in [0.4, 0.5) is 5.69 Å². The molecule has 0 aromatic heterocycles. The van der Waals surface area contributed by atoms with Gasteiger partial charge in [-0.15, -0.1) is 0 Å². The number of hydrogen-bond donors (Lipinski definition) is 1. The maximum absolute atomic E-state index is 12.4. The minimum atomic E-state index is -0.650. The van der Waals surface area contributed by atoms with Gasteiger partial charge in [-0.25, -0.2) is 4.90 Å². The molecule has 1 aromatic carbocycles. The Balaban J connectivity index is 1.98. The van der Waals surface area contributed by atoms with Crippen molar-refractivity contribution in [3.8, 4) is 0 Å². The third-order valence-corrected chi connectivity index (χ3v) is 4.30. The van der Waals surface area contributed by atoms with Gasteiger partial charge in [0.25, 0.3) is 0 Å². The predicted octanol–water partition coefficient (Wildman–Crippen LogP) is 1.89. The van der Waals surface area contributed by atoms with Crippen LogP contribution in [0, 0.1) is 11.8 Å². The summed E-state index contributed by atoms with van der Waals surface area (Å²) in [5.74, 6) is -1.66. The summed E-state index contributed by atoms with van der Waals surface area (Å²) in [5.41, 5.74) is 5.74. The first-order chi connectivity index (χ1) is 10.0. The van der Waals surface area contributed by atoms with Gasteiger partial charge in [0.15, 0.2) is 0 Å². The standard InChI is InChI=1S/C15H13ClN2O3/c16-12-7-8(5-6-11(12)13(17)19)18-14(20)9-3-1-2-4-10(9)15(18)21/h1-2,5-7,9-10H,3-4H2,(H2,17,19)/t9-,10+. The minimum Gasteiger partial charge on any atom is -0.366 e. The maximum atomic E-state index is 12.4. The molecule has 6 heteroatoms. The zero-order valence-corrected chi connectivity index (χ0v) is 11.8. The van der Waals surface area contributed by atoms with E-state index in [0.29, 0.717) is 18.5 Å². The number of allylic oxidation sites excluding steroid dienone is 2. The number of imide groups is 1. The van der Waals surface area contributed by atoms with Crippen LogP contribution in [0.1, 0.15) is 23.2 Å². The van der Waals surface area contributed by atoms with Crippen molar-refractivity contribution in [3.05, 3.63) is 40.9 Å². The molecule has 0 radical (unpaired) electrons. The van der Waals surface area contributed by atoms with Crippen LogP contribution in [0.25, 0.3) is 0 Å². The molecule has 0 bridgehead atoms. The van der Waals surface area contributed by atoms with E-state index in [9.17, 15) is 14.4 Å². The number of fused-ring (bicyclic) bond motifs is 1. The highest BCUT2D eigenvalue weighted by atomic mass is 35.5. The average Bonchev–Trinajstić information content (AvgIpc) is 2.71. The van der Waals surface area contributed by atoms with E-state index >= 15 is 0 Å². The molecule has 1 heterocycles. The Morgan fingerprint density at radius 1 is 1.14 bits per heavy atom. The fourth-order valence-electron chi connectivity index (χ4n) is 2.90. The van der Waals surface area contributed by atoms with Gasteiger partial charge < -0.3 is 5.73 Å². The lowest BCUT2D eigenvalue weighted by molar-refractivity contribution is -0.122. The largest absolute Gasteiger partial charge is 0.366 e. The second-order valence-corrected chi connectivity index (χ2v) is 5.60. The second kappa shape index (κ2) is 5.00. The van der Waals surface area contributed by atoms with E-state index in [1.54, 1.807) is 0 Å². The fourth-order valence-corrected chi connectivity index (χ4v) is 3.17. The summed E-state index contributed by atoms with van der Waals surface area (Å²) in [7, 11) is 0. The molecule has 1 saturated heterocycles. The van der Waals surface area contributed by atoms with Crippen LogP contribution in [-0.4, -0.2) is 17.7 Å². The van der Waals surface area contributed by atoms with Crippen molar-refractivity contribution in [3.63, 3.8) is 0 Å². The topological polar surface area (TPSA) is 80.5 Å². The second-order valence-electron chi connectivity index (χ2n) is 5.20. The molecular formula is C15H13ClN2O3. The summed E-state index contributed by atoms with van der Waals surface area (Å²) in [6.45, 7) is 0. The molecule has 1 aromatic rings. The number of halogens is 1. The Kier molecular flexibility index (Phi) is 3.29. The van der Waals surface area contributed by atoms with Gasteiger partial charge >= 0.3 is 0 Å². The van der Waals surface area contributed by atoms with Crippen molar-refractivity contribution in [2.75, 3.05) is 4.90 Å². The van der Waals surface area contributed by atoms with Crippen LogP contribution in [0.3, 0.4) is 0 Å². The van der Waals surface area contributed by atoms with Crippen LogP contribution in [-0.2, 0) is 9.59 Å². The Morgan fingerprint density at radius 3 is 2.19 bits per heavy atom. The molecule has 2 atom stereocenters. The quantitative estimate of drug-likeness (QED) is 0.669. The fraction of sp³-hybridized carbons (Fsp3) is 0.267. The van der Waals surface area contributed by atoms with Gasteiger partial charge in [0.2, 0.25) is 17.7 Å². The number of amides is 3. The minimum absolute atomic E-state index is 0.133. The summed E-state index contributed by atoms with van der Waals surface area (Å²) >= 11 is 5.99. The van der Waals surface area contributed by atoms with Gasteiger partial charge in [-0.05, 0) is 31.0 Å². The number of carbonyl (C=O) groups is 3.